The van der Waals surface area contributed by atoms with Gasteiger partial charge in [-0.1, -0.05) is 13.8 Å². The zero-order valence-corrected chi connectivity index (χ0v) is 13.2. The van der Waals surface area contributed by atoms with Crippen molar-refractivity contribution in [1.82, 2.24) is 4.98 Å². The van der Waals surface area contributed by atoms with Crippen LogP contribution in [0.25, 0.3) is 0 Å². The Kier molecular flexibility index (Phi) is 7.49. The first-order chi connectivity index (χ1) is 9.96. The van der Waals surface area contributed by atoms with Gasteiger partial charge in [0.25, 0.3) is 0 Å². The molecule has 1 heterocycles. The summed E-state index contributed by atoms with van der Waals surface area (Å²) in [5, 5.41) is 0. The zero-order chi connectivity index (χ0) is 17.6. The molecule has 0 unspecified atom stereocenters. The van der Waals surface area contributed by atoms with Gasteiger partial charge in [0.15, 0.2) is 0 Å². The number of pyridine rings is 1. The Morgan fingerprint density at radius 3 is 2.05 bits per heavy atom. The Morgan fingerprint density at radius 1 is 1.36 bits per heavy atom. The topological polar surface area (TPSA) is 56.0 Å². The van der Waals surface area contributed by atoms with Gasteiger partial charge in [-0.15, -0.1) is 0 Å². The lowest BCUT2D eigenvalue weighted by molar-refractivity contribution is -0.254. The van der Waals surface area contributed by atoms with Crippen LogP contribution in [0.1, 0.15) is 39.3 Å². The number of nitrogen functional groups attached to an aromatic ring is 1. The predicted octanol–water partition coefficient (Wildman–Crippen LogP) is 4.30. The SMILES string of the molecule is CC1CC(C)(C(F)(F)F)C1.CC=O.Cc1nc(N)ccc1F. The van der Waals surface area contributed by atoms with Crippen molar-refractivity contribution in [1.29, 1.82) is 0 Å². The van der Waals surface area contributed by atoms with Gasteiger partial charge in [0, 0.05) is 0 Å². The number of alkyl halides is 3. The molecule has 1 saturated carbocycles. The molecule has 3 nitrogen and oxygen atoms in total. The van der Waals surface area contributed by atoms with Crippen LogP contribution in [0.4, 0.5) is 23.4 Å². The Balaban J connectivity index is 0.000000342. The lowest BCUT2D eigenvalue weighted by Gasteiger charge is -2.44. The van der Waals surface area contributed by atoms with Gasteiger partial charge in [0.1, 0.15) is 17.9 Å². The second-order valence-electron chi connectivity index (χ2n) is 5.61. The molecule has 1 aromatic rings. The molecule has 0 saturated heterocycles. The van der Waals surface area contributed by atoms with Crippen molar-refractivity contribution in [3.8, 4) is 0 Å². The number of hydrogen-bond acceptors (Lipinski definition) is 3. The van der Waals surface area contributed by atoms with Gasteiger partial charge in [0.05, 0.1) is 11.1 Å². The van der Waals surface area contributed by atoms with Crippen molar-refractivity contribution in [3.05, 3.63) is 23.6 Å². The summed E-state index contributed by atoms with van der Waals surface area (Å²) in [4.78, 5) is 12.5. The van der Waals surface area contributed by atoms with E-state index in [0.717, 1.165) is 6.29 Å². The average molecular weight is 322 g/mol. The van der Waals surface area contributed by atoms with Gasteiger partial charge in [-0.05, 0) is 44.7 Å². The van der Waals surface area contributed by atoms with Gasteiger partial charge < -0.3 is 10.5 Å². The monoisotopic (exact) mass is 322 g/mol. The number of nitrogens with zero attached hydrogens (tertiary/aromatic N) is 1. The molecule has 126 valence electrons. The van der Waals surface area contributed by atoms with Crippen LogP contribution in [0.2, 0.25) is 0 Å². The molecule has 2 rings (SSSR count). The van der Waals surface area contributed by atoms with Crippen molar-refractivity contribution in [2.75, 3.05) is 5.73 Å². The van der Waals surface area contributed by atoms with E-state index in [-0.39, 0.29) is 11.7 Å². The molecule has 1 fully saturated rings. The standard InChI is InChI=1S/C7H11F3.C6H7FN2.C2H4O/c1-5-3-6(2,4-5)7(8,9)10;1-4-5(7)2-3-6(8)9-4;1-2-3/h5H,3-4H2,1-2H3;2-3H,1H3,(H2,8,9);2H,1H3. The van der Waals surface area contributed by atoms with Crippen LogP contribution in [0.15, 0.2) is 12.1 Å². The maximum atomic E-state index is 12.4. The van der Waals surface area contributed by atoms with E-state index in [1.54, 1.807) is 6.92 Å². The Hall–Kier alpha value is -1.66. The number of hydrogen-bond donors (Lipinski definition) is 1. The highest BCUT2D eigenvalue weighted by Crippen LogP contribution is 2.55. The normalized spacial score (nSPS) is 23.2. The van der Waals surface area contributed by atoms with Gasteiger partial charge in [0.2, 0.25) is 0 Å². The summed E-state index contributed by atoms with van der Waals surface area (Å²) in [6, 6.07) is 2.74. The minimum Gasteiger partial charge on any atom is -0.384 e. The van der Waals surface area contributed by atoms with Crippen molar-refractivity contribution >= 4 is 12.1 Å². The molecular formula is C15H22F4N2O. The molecule has 0 bridgehead atoms. The molecule has 0 radical (unpaired) electrons. The fourth-order valence-electron chi connectivity index (χ4n) is 2.27. The van der Waals surface area contributed by atoms with Crippen LogP contribution in [0.5, 0.6) is 0 Å². The summed E-state index contributed by atoms with van der Waals surface area (Å²) < 4.78 is 48.6. The van der Waals surface area contributed by atoms with Crippen LogP contribution >= 0.6 is 0 Å². The van der Waals surface area contributed by atoms with Crippen molar-refractivity contribution < 1.29 is 22.4 Å². The summed E-state index contributed by atoms with van der Waals surface area (Å²) in [5.74, 6) is 0.296. The molecule has 2 N–H and O–H groups in total. The molecule has 1 aliphatic carbocycles. The number of aromatic nitrogens is 1. The molecule has 0 aromatic carbocycles. The maximum absolute atomic E-state index is 12.4. The van der Waals surface area contributed by atoms with E-state index in [4.69, 9.17) is 10.5 Å². The molecule has 0 amide bonds. The number of aldehydes is 1. The second-order valence-corrected chi connectivity index (χ2v) is 5.61. The first-order valence-electron chi connectivity index (χ1n) is 6.82. The third kappa shape index (κ3) is 5.99. The third-order valence-electron chi connectivity index (χ3n) is 3.33. The Labute approximate surface area is 127 Å². The molecule has 0 atom stereocenters. The van der Waals surface area contributed by atoms with E-state index in [0.29, 0.717) is 24.4 Å². The van der Waals surface area contributed by atoms with E-state index in [1.807, 2.05) is 6.92 Å². The minimum atomic E-state index is -3.99. The van der Waals surface area contributed by atoms with E-state index in [1.165, 1.54) is 26.0 Å². The highest BCUT2D eigenvalue weighted by Gasteiger charge is 2.57. The van der Waals surface area contributed by atoms with Crippen LogP contribution in [-0.2, 0) is 4.79 Å². The van der Waals surface area contributed by atoms with Crippen LogP contribution < -0.4 is 5.73 Å². The lowest BCUT2D eigenvalue weighted by atomic mass is 9.63. The molecule has 7 heteroatoms. The van der Waals surface area contributed by atoms with Gasteiger partial charge >= 0.3 is 6.18 Å². The number of anilines is 1. The third-order valence-corrected chi connectivity index (χ3v) is 3.33. The number of carbonyl (C=O) groups is 1. The van der Waals surface area contributed by atoms with Gasteiger partial charge in [-0.25, -0.2) is 9.37 Å². The number of aryl methyl sites for hydroxylation is 1. The smallest absolute Gasteiger partial charge is 0.384 e. The minimum absolute atomic E-state index is 0.256. The second kappa shape index (κ2) is 8.10. The molecule has 0 spiro atoms. The number of carbonyl (C=O) groups excluding carboxylic acids is 1. The van der Waals surface area contributed by atoms with E-state index >= 15 is 0 Å². The fraction of sp³-hybridized carbons (Fsp3) is 0.600. The first kappa shape index (κ1) is 20.3. The molecule has 0 aliphatic heterocycles. The number of nitrogens with two attached hydrogens (primary N) is 1. The first-order valence-corrected chi connectivity index (χ1v) is 6.82. The van der Waals surface area contributed by atoms with Crippen molar-refractivity contribution in [2.24, 2.45) is 11.3 Å². The molecular weight excluding hydrogens is 300 g/mol. The Bertz CT molecular complexity index is 483. The van der Waals surface area contributed by atoms with E-state index < -0.39 is 11.6 Å². The van der Waals surface area contributed by atoms with Crippen LogP contribution in [0, 0.1) is 24.1 Å². The van der Waals surface area contributed by atoms with Gasteiger partial charge in [-0.2, -0.15) is 13.2 Å². The summed E-state index contributed by atoms with van der Waals surface area (Å²) >= 11 is 0. The van der Waals surface area contributed by atoms with E-state index in [9.17, 15) is 17.6 Å². The maximum Gasteiger partial charge on any atom is 0.394 e. The number of rotatable bonds is 0. The van der Waals surface area contributed by atoms with Crippen LogP contribution in [-0.4, -0.2) is 17.4 Å². The van der Waals surface area contributed by atoms with Crippen molar-refractivity contribution in [3.63, 3.8) is 0 Å². The zero-order valence-electron chi connectivity index (χ0n) is 13.2. The van der Waals surface area contributed by atoms with Crippen molar-refractivity contribution in [2.45, 2.75) is 46.7 Å². The summed E-state index contributed by atoms with van der Waals surface area (Å²) in [6.45, 7) is 6.17. The van der Waals surface area contributed by atoms with Crippen LogP contribution in [0.3, 0.4) is 0 Å². The predicted molar refractivity (Wildman–Crippen MR) is 77.6 cm³/mol. The highest BCUT2D eigenvalue weighted by molar-refractivity contribution is 5.44. The quantitative estimate of drug-likeness (QED) is 0.572. The number of halogens is 4. The highest BCUT2D eigenvalue weighted by atomic mass is 19.4. The lowest BCUT2D eigenvalue weighted by Crippen LogP contribution is -2.45. The van der Waals surface area contributed by atoms with Gasteiger partial charge in [-0.3, -0.25) is 0 Å². The molecule has 22 heavy (non-hydrogen) atoms. The summed E-state index contributed by atoms with van der Waals surface area (Å²) in [7, 11) is 0. The Morgan fingerprint density at radius 2 is 1.82 bits per heavy atom. The molecule has 1 aliphatic rings. The average Bonchev–Trinajstić information content (AvgIpc) is 2.33. The molecule has 1 aromatic heterocycles. The largest absolute Gasteiger partial charge is 0.394 e. The summed E-state index contributed by atoms with van der Waals surface area (Å²) in [6.07, 6.45) is -2.63. The fourth-order valence-corrected chi connectivity index (χ4v) is 2.27. The summed E-state index contributed by atoms with van der Waals surface area (Å²) in [5.41, 5.74) is 4.22. The van der Waals surface area contributed by atoms with E-state index in [2.05, 4.69) is 4.98 Å².